The van der Waals surface area contributed by atoms with Crippen LogP contribution in [0.1, 0.15) is 59.5 Å². The first kappa shape index (κ1) is 26.7. The number of amides is 1. The molecule has 1 N–H and O–H groups in total. The third-order valence-corrected chi connectivity index (χ3v) is 9.13. The molecule has 38 heavy (non-hydrogen) atoms. The Bertz CT molecular complexity index is 1500. The molecule has 1 aliphatic heterocycles. The van der Waals surface area contributed by atoms with Gasteiger partial charge in [-0.3, -0.25) is 4.79 Å². The summed E-state index contributed by atoms with van der Waals surface area (Å²) in [4.78, 5) is 25.2. The summed E-state index contributed by atoms with van der Waals surface area (Å²) in [7, 11) is 1.63. The molecular weight excluding hydrogens is 513 g/mol. The van der Waals surface area contributed by atoms with Crippen LogP contribution in [0.25, 0.3) is 27.1 Å². The molecule has 0 radical (unpaired) electrons. The number of nitrogens with zero attached hydrogens (tertiary/aromatic N) is 5. The number of aromatic nitrogens is 4. The third-order valence-electron chi connectivity index (χ3n) is 7.97. The molecule has 0 aromatic carbocycles. The van der Waals surface area contributed by atoms with E-state index in [2.05, 4.69) is 35.8 Å². The largest absolute Gasteiger partial charge is 0.393 e. The fraction of sp³-hybridized carbons (Fsp3) is 0.519. The number of thiophene rings is 1. The van der Waals surface area contributed by atoms with E-state index in [0.29, 0.717) is 18.0 Å². The second-order valence-corrected chi connectivity index (χ2v) is 11.7. The highest BCUT2D eigenvalue weighted by molar-refractivity contribution is 7.21. The van der Waals surface area contributed by atoms with Gasteiger partial charge in [0.1, 0.15) is 6.33 Å². The van der Waals surface area contributed by atoms with Crippen LogP contribution >= 0.6 is 11.3 Å². The number of likely N-dealkylation sites (tertiary alicyclic amines) is 1. The van der Waals surface area contributed by atoms with E-state index in [1.807, 2.05) is 26.1 Å². The zero-order valence-corrected chi connectivity index (χ0v) is 23.3. The standard InChI is InChI=1S/C27H33F3N6OS/c1-7-35-10-17(27(28,29)30)8-18(11-35)34(6)26(37)21-9-20-24(38-21)22(14(2)3)23(33-20)19-12-36-25(31-13-32-36)16(5)15(19)4/h9,12-14,17-18,33H,7-8,10-11H2,1-6H3/t17-,18+/m1/s1. The number of aromatic amines is 1. The maximum absolute atomic E-state index is 13.6. The molecule has 0 unspecified atom stereocenters. The van der Waals surface area contributed by atoms with Gasteiger partial charge in [-0.2, -0.15) is 18.3 Å². The number of fused-ring (bicyclic) bond motifs is 2. The summed E-state index contributed by atoms with van der Waals surface area (Å²) in [6.45, 7) is 11.1. The Kier molecular flexibility index (Phi) is 6.79. The zero-order chi connectivity index (χ0) is 27.5. The Morgan fingerprint density at radius 1 is 1.26 bits per heavy atom. The Balaban J connectivity index is 1.50. The molecule has 5 rings (SSSR count). The maximum Gasteiger partial charge on any atom is 0.393 e. The molecule has 0 bridgehead atoms. The lowest BCUT2D eigenvalue weighted by Gasteiger charge is -2.41. The summed E-state index contributed by atoms with van der Waals surface area (Å²) in [6, 6.07) is 1.34. The lowest BCUT2D eigenvalue weighted by Crippen LogP contribution is -2.54. The van der Waals surface area contributed by atoms with Crippen LogP contribution in [-0.4, -0.2) is 74.2 Å². The highest BCUT2D eigenvalue weighted by atomic mass is 32.1. The van der Waals surface area contributed by atoms with Crippen molar-refractivity contribution in [3.8, 4) is 11.3 Å². The zero-order valence-electron chi connectivity index (χ0n) is 22.5. The van der Waals surface area contributed by atoms with Gasteiger partial charge in [0, 0.05) is 37.9 Å². The van der Waals surface area contributed by atoms with Gasteiger partial charge < -0.3 is 14.8 Å². The van der Waals surface area contributed by atoms with Gasteiger partial charge in [0.2, 0.25) is 0 Å². The smallest absolute Gasteiger partial charge is 0.353 e. The molecule has 0 aliphatic carbocycles. The van der Waals surface area contributed by atoms with Gasteiger partial charge in [-0.1, -0.05) is 20.8 Å². The van der Waals surface area contributed by atoms with E-state index < -0.39 is 18.1 Å². The van der Waals surface area contributed by atoms with Crippen molar-refractivity contribution in [2.75, 3.05) is 26.7 Å². The number of carbonyl (C=O) groups excluding carboxylic acids is 1. The number of rotatable bonds is 5. The van der Waals surface area contributed by atoms with Crippen LogP contribution in [0.4, 0.5) is 13.2 Å². The van der Waals surface area contributed by atoms with Gasteiger partial charge in [0.25, 0.3) is 5.91 Å². The predicted molar refractivity (Wildman–Crippen MR) is 144 cm³/mol. The fourth-order valence-corrected chi connectivity index (χ4v) is 6.90. The first-order valence-electron chi connectivity index (χ1n) is 12.9. The molecule has 0 saturated carbocycles. The quantitative estimate of drug-likeness (QED) is 0.332. The summed E-state index contributed by atoms with van der Waals surface area (Å²) in [5.41, 5.74) is 6.96. The number of pyridine rings is 1. The molecule has 1 saturated heterocycles. The number of carbonyl (C=O) groups is 1. The van der Waals surface area contributed by atoms with Gasteiger partial charge in [-0.25, -0.2) is 9.50 Å². The molecular formula is C27H33F3N6OS. The van der Waals surface area contributed by atoms with Crippen molar-refractivity contribution in [1.29, 1.82) is 0 Å². The van der Waals surface area contributed by atoms with Gasteiger partial charge in [-0.15, -0.1) is 11.3 Å². The summed E-state index contributed by atoms with van der Waals surface area (Å²) in [5, 5.41) is 4.33. The number of likely N-dealkylation sites (N-methyl/N-ethyl adjacent to an activating group) is 2. The van der Waals surface area contributed by atoms with E-state index in [4.69, 9.17) is 0 Å². The van der Waals surface area contributed by atoms with Crippen molar-refractivity contribution in [1.82, 2.24) is 29.4 Å². The van der Waals surface area contributed by atoms with E-state index in [0.717, 1.165) is 43.8 Å². The van der Waals surface area contributed by atoms with E-state index in [-0.39, 0.29) is 24.8 Å². The minimum atomic E-state index is -4.27. The van der Waals surface area contributed by atoms with Crippen LogP contribution in [0.15, 0.2) is 18.6 Å². The molecule has 5 heterocycles. The average Bonchev–Trinajstić information content (AvgIpc) is 3.58. The highest BCUT2D eigenvalue weighted by Gasteiger charge is 2.45. The molecule has 1 amide bonds. The van der Waals surface area contributed by atoms with Crippen LogP contribution in [0.3, 0.4) is 0 Å². The molecule has 4 aromatic rings. The van der Waals surface area contributed by atoms with Gasteiger partial charge in [-0.05, 0) is 55.5 Å². The van der Waals surface area contributed by atoms with Crippen molar-refractivity contribution < 1.29 is 18.0 Å². The van der Waals surface area contributed by atoms with Crippen molar-refractivity contribution in [2.24, 2.45) is 5.92 Å². The molecule has 1 fully saturated rings. The monoisotopic (exact) mass is 546 g/mol. The molecule has 204 valence electrons. The minimum absolute atomic E-state index is 0.0135. The number of hydrogen-bond donors (Lipinski definition) is 1. The summed E-state index contributed by atoms with van der Waals surface area (Å²) in [6.07, 6.45) is -0.829. The van der Waals surface area contributed by atoms with Crippen molar-refractivity contribution in [2.45, 2.75) is 59.2 Å². The van der Waals surface area contributed by atoms with Crippen molar-refractivity contribution >= 4 is 33.1 Å². The van der Waals surface area contributed by atoms with Crippen molar-refractivity contribution in [3.05, 3.63) is 40.2 Å². The number of H-pyrrole nitrogens is 1. The molecule has 1 aliphatic rings. The lowest BCUT2D eigenvalue weighted by atomic mass is 9.92. The highest BCUT2D eigenvalue weighted by Crippen LogP contribution is 2.42. The fourth-order valence-electron chi connectivity index (χ4n) is 5.60. The van der Waals surface area contributed by atoms with E-state index in [1.165, 1.54) is 16.2 Å². The number of piperidine rings is 1. The topological polar surface area (TPSA) is 69.5 Å². The Labute approximate surface area is 223 Å². The third kappa shape index (κ3) is 4.49. The van der Waals surface area contributed by atoms with E-state index >= 15 is 0 Å². The second kappa shape index (κ2) is 9.68. The Morgan fingerprint density at radius 3 is 2.66 bits per heavy atom. The molecule has 4 aromatic heterocycles. The molecule has 7 nitrogen and oxygen atoms in total. The van der Waals surface area contributed by atoms with Crippen LogP contribution in [0, 0.1) is 19.8 Å². The first-order chi connectivity index (χ1) is 17.9. The molecule has 2 atom stereocenters. The maximum atomic E-state index is 13.6. The van der Waals surface area contributed by atoms with E-state index in [1.54, 1.807) is 22.8 Å². The normalized spacial score (nSPS) is 19.2. The molecule has 11 heteroatoms. The van der Waals surface area contributed by atoms with Crippen LogP contribution in [-0.2, 0) is 0 Å². The van der Waals surface area contributed by atoms with Gasteiger partial charge in [0.05, 0.1) is 26.7 Å². The summed E-state index contributed by atoms with van der Waals surface area (Å²) < 4.78 is 43.5. The second-order valence-electron chi connectivity index (χ2n) is 10.6. The summed E-state index contributed by atoms with van der Waals surface area (Å²) >= 11 is 1.40. The van der Waals surface area contributed by atoms with Crippen LogP contribution in [0.5, 0.6) is 0 Å². The van der Waals surface area contributed by atoms with E-state index in [9.17, 15) is 18.0 Å². The number of alkyl halides is 3. The van der Waals surface area contributed by atoms with Crippen LogP contribution in [0.2, 0.25) is 0 Å². The number of aryl methyl sites for hydroxylation is 1. The summed E-state index contributed by atoms with van der Waals surface area (Å²) in [5.74, 6) is -1.50. The number of nitrogens with one attached hydrogen (secondary N) is 1. The minimum Gasteiger partial charge on any atom is -0.353 e. The number of hydrogen-bond acceptors (Lipinski definition) is 5. The Hall–Kier alpha value is -2.92. The molecule has 0 spiro atoms. The SMILES string of the molecule is CCN1C[C@@H](N(C)C(=O)c2cc3[nH]c(-c4cn5ncnc5c(C)c4C)c(C(C)C)c3s2)C[C@@H](C(F)(F)F)C1. The van der Waals surface area contributed by atoms with Crippen LogP contribution < -0.4 is 0 Å². The number of halogens is 3. The predicted octanol–water partition coefficient (Wildman–Crippen LogP) is 6.02. The van der Waals surface area contributed by atoms with Gasteiger partial charge in [0.15, 0.2) is 5.65 Å². The first-order valence-corrected chi connectivity index (χ1v) is 13.7. The van der Waals surface area contributed by atoms with Gasteiger partial charge >= 0.3 is 6.18 Å². The lowest BCUT2D eigenvalue weighted by molar-refractivity contribution is -0.191. The average molecular weight is 547 g/mol. The van der Waals surface area contributed by atoms with Crippen molar-refractivity contribution in [3.63, 3.8) is 0 Å². The Morgan fingerprint density at radius 2 is 2.00 bits per heavy atom.